The molecule has 2 aromatic rings. The van der Waals surface area contributed by atoms with Crippen LogP contribution in [0.3, 0.4) is 0 Å². The molecule has 1 heterocycles. The van der Waals surface area contributed by atoms with Gasteiger partial charge in [-0.1, -0.05) is 22.8 Å². The monoisotopic (exact) mass is 310 g/mol. The van der Waals surface area contributed by atoms with Gasteiger partial charge >= 0.3 is 6.03 Å². The van der Waals surface area contributed by atoms with Crippen molar-refractivity contribution in [1.82, 2.24) is 4.98 Å². The van der Waals surface area contributed by atoms with E-state index >= 15 is 0 Å². The van der Waals surface area contributed by atoms with Gasteiger partial charge in [-0.15, -0.1) is 11.3 Å². The maximum absolute atomic E-state index is 11.8. The van der Waals surface area contributed by atoms with Gasteiger partial charge < -0.3 is 10.5 Å². The lowest BCUT2D eigenvalue weighted by molar-refractivity contribution is 0.262. The molecule has 0 unspecified atom stereocenters. The van der Waals surface area contributed by atoms with Gasteiger partial charge in [0.05, 0.1) is 0 Å². The maximum atomic E-state index is 11.8. The number of anilines is 2. The molecule has 1 aromatic carbocycles. The zero-order chi connectivity index (χ0) is 14.5. The first-order valence-corrected chi connectivity index (χ1v) is 6.82. The second-order valence-corrected chi connectivity index (χ2v) is 5.11. The third kappa shape index (κ3) is 3.69. The van der Waals surface area contributed by atoms with Crippen molar-refractivity contribution in [3.8, 4) is 0 Å². The highest BCUT2D eigenvalue weighted by Crippen LogP contribution is 2.18. The molecule has 0 saturated heterocycles. The molecule has 0 spiro atoms. The van der Waals surface area contributed by atoms with Crippen LogP contribution in [0.5, 0.6) is 0 Å². The third-order valence-corrected chi connectivity index (χ3v) is 3.32. The Hall–Kier alpha value is -2.12. The number of rotatable bonds is 3. The minimum Gasteiger partial charge on any atom is -0.411 e. The lowest BCUT2D eigenvalue weighted by atomic mass is 10.3. The van der Waals surface area contributed by atoms with E-state index in [0.717, 1.165) is 0 Å². The molecule has 0 fully saturated rings. The van der Waals surface area contributed by atoms with Gasteiger partial charge in [-0.05, 0) is 25.1 Å². The fourth-order valence-corrected chi connectivity index (χ4v) is 2.31. The van der Waals surface area contributed by atoms with Crippen LogP contribution in [0.2, 0.25) is 5.02 Å². The van der Waals surface area contributed by atoms with E-state index in [1.54, 1.807) is 36.6 Å². The quantitative estimate of drug-likeness (QED) is 0.459. The summed E-state index contributed by atoms with van der Waals surface area (Å²) in [6, 6.07) is 6.39. The molecule has 2 amide bonds. The van der Waals surface area contributed by atoms with Crippen molar-refractivity contribution in [3.63, 3.8) is 0 Å². The number of oxime groups is 1. The summed E-state index contributed by atoms with van der Waals surface area (Å²) in [5, 5.41) is 19.5. The Morgan fingerprint density at radius 2 is 2.25 bits per heavy atom. The number of hydrogen-bond donors (Lipinski definition) is 3. The van der Waals surface area contributed by atoms with Gasteiger partial charge in [0.15, 0.2) is 5.13 Å². The Morgan fingerprint density at radius 3 is 2.95 bits per heavy atom. The van der Waals surface area contributed by atoms with Crippen LogP contribution in [0.25, 0.3) is 0 Å². The molecule has 0 aliphatic heterocycles. The van der Waals surface area contributed by atoms with Gasteiger partial charge in [-0.2, -0.15) is 0 Å². The summed E-state index contributed by atoms with van der Waals surface area (Å²) in [6.45, 7) is 1.62. The molecule has 6 nitrogen and oxygen atoms in total. The first-order chi connectivity index (χ1) is 9.58. The number of nitrogens with zero attached hydrogens (tertiary/aromatic N) is 2. The van der Waals surface area contributed by atoms with Crippen molar-refractivity contribution in [1.29, 1.82) is 0 Å². The van der Waals surface area contributed by atoms with Gasteiger partial charge in [0, 0.05) is 16.1 Å². The van der Waals surface area contributed by atoms with E-state index in [4.69, 9.17) is 16.8 Å². The molecule has 8 heteroatoms. The van der Waals surface area contributed by atoms with E-state index in [0.29, 0.717) is 27.2 Å². The minimum absolute atomic E-state index is 0.379. The van der Waals surface area contributed by atoms with Crippen molar-refractivity contribution < 1.29 is 10.0 Å². The predicted octanol–water partition coefficient (Wildman–Crippen LogP) is 3.64. The van der Waals surface area contributed by atoms with Crippen molar-refractivity contribution in [2.24, 2.45) is 5.16 Å². The molecular formula is C12H11ClN4O2S. The summed E-state index contributed by atoms with van der Waals surface area (Å²) in [4.78, 5) is 15.9. The minimum atomic E-state index is -0.424. The number of urea groups is 1. The number of nitrogens with one attached hydrogen (secondary N) is 2. The average Bonchev–Trinajstić information content (AvgIpc) is 2.86. The van der Waals surface area contributed by atoms with Crippen LogP contribution in [0.15, 0.2) is 34.8 Å². The summed E-state index contributed by atoms with van der Waals surface area (Å²) in [6.07, 6.45) is 0. The highest BCUT2D eigenvalue weighted by atomic mass is 35.5. The Morgan fingerprint density at radius 1 is 1.45 bits per heavy atom. The summed E-state index contributed by atoms with van der Waals surface area (Å²) in [5.74, 6) is 0. The van der Waals surface area contributed by atoms with Crippen LogP contribution in [0.4, 0.5) is 15.6 Å². The number of benzene rings is 1. The smallest absolute Gasteiger partial charge is 0.325 e. The van der Waals surface area contributed by atoms with E-state index in [1.165, 1.54) is 11.3 Å². The second kappa shape index (κ2) is 6.36. The van der Waals surface area contributed by atoms with Crippen molar-refractivity contribution in [3.05, 3.63) is 40.4 Å². The lowest BCUT2D eigenvalue weighted by Crippen LogP contribution is -2.19. The molecule has 0 atom stereocenters. The van der Waals surface area contributed by atoms with Gasteiger partial charge in [0.25, 0.3) is 0 Å². The predicted molar refractivity (Wildman–Crippen MR) is 80.2 cm³/mol. The maximum Gasteiger partial charge on any atom is 0.325 e. The van der Waals surface area contributed by atoms with Crippen LogP contribution in [0.1, 0.15) is 12.6 Å². The van der Waals surface area contributed by atoms with Crippen LogP contribution in [-0.4, -0.2) is 21.9 Å². The molecule has 0 radical (unpaired) electrons. The zero-order valence-corrected chi connectivity index (χ0v) is 12.0. The van der Waals surface area contributed by atoms with E-state index in [9.17, 15) is 4.79 Å². The van der Waals surface area contributed by atoms with E-state index in [2.05, 4.69) is 20.8 Å². The summed E-state index contributed by atoms with van der Waals surface area (Å²) in [5.41, 5.74) is 1.47. The van der Waals surface area contributed by atoms with Crippen LogP contribution in [-0.2, 0) is 0 Å². The van der Waals surface area contributed by atoms with Crippen molar-refractivity contribution in [2.75, 3.05) is 10.6 Å². The Labute approximate surface area is 124 Å². The number of thiazole rings is 1. The summed E-state index contributed by atoms with van der Waals surface area (Å²) in [7, 11) is 0. The average molecular weight is 311 g/mol. The summed E-state index contributed by atoms with van der Waals surface area (Å²) >= 11 is 7.06. The van der Waals surface area contributed by atoms with E-state index < -0.39 is 6.03 Å². The molecule has 0 saturated carbocycles. The van der Waals surface area contributed by atoms with E-state index in [1.807, 2.05) is 0 Å². The first kappa shape index (κ1) is 14.3. The van der Waals surface area contributed by atoms with Crippen molar-refractivity contribution >= 4 is 45.5 Å². The Kier molecular flexibility index (Phi) is 4.54. The summed E-state index contributed by atoms with van der Waals surface area (Å²) < 4.78 is 0. The van der Waals surface area contributed by atoms with Crippen LogP contribution < -0.4 is 10.6 Å². The van der Waals surface area contributed by atoms with Gasteiger partial charge in [0.1, 0.15) is 11.4 Å². The number of amides is 2. The Balaban J connectivity index is 2.00. The standard InChI is InChI=1S/C12H11ClN4O2S/c1-7(17-19)10-6-20-12(15-10)16-11(18)14-9-4-2-3-8(13)5-9/h2-6,19H,1H3,(H2,14,15,16,18). The number of halogens is 1. The van der Waals surface area contributed by atoms with Gasteiger partial charge in [-0.25, -0.2) is 9.78 Å². The highest BCUT2D eigenvalue weighted by molar-refractivity contribution is 7.14. The number of aromatic nitrogens is 1. The van der Waals surface area contributed by atoms with E-state index in [-0.39, 0.29) is 0 Å². The normalized spacial score (nSPS) is 11.2. The number of carbonyl (C=O) groups excluding carboxylic acids is 1. The highest BCUT2D eigenvalue weighted by Gasteiger charge is 2.08. The molecule has 3 N–H and O–H groups in total. The third-order valence-electron chi connectivity index (χ3n) is 2.33. The van der Waals surface area contributed by atoms with Crippen molar-refractivity contribution in [2.45, 2.75) is 6.92 Å². The molecule has 104 valence electrons. The SMILES string of the molecule is CC(=NO)c1csc(NC(=O)Nc2cccc(Cl)c2)n1. The van der Waals surface area contributed by atoms with Crippen LogP contribution in [0, 0.1) is 0 Å². The molecule has 0 bridgehead atoms. The zero-order valence-electron chi connectivity index (χ0n) is 10.4. The van der Waals surface area contributed by atoms with Gasteiger partial charge in [-0.3, -0.25) is 5.32 Å². The molecule has 0 aliphatic carbocycles. The fraction of sp³-hybridized carbons (Fsp3) is 0.0833. The molecule has 0 aliphatic rings. The topological polar surface area (TPSA) is 86.6 Å². The molecule has 2 rings (SSSR count). The van der Waals surface area contributed by atoms with Gasteiger partial charge in [0.2, 0.25) is 0 Å². The molecular weight excluding hydrogens is 300 g/mol. The Bertz CT molecular complexity index is 656. The molecule has 20 heavy (non-hydrogen) atoms. The molecule has 1 aromatic heterocycles. The first-order valence-electron chi connectivity index (χ1n) is 5.56. The largest absolute Gasteiger partial charge is 0.411 e. The second-order valence-electron chi connectivity index (χ2n) is 3.81. The fourth-order valence-electron chi connectivity index (χ4n) is 1.37. The number of carbonyl (C=O) groups is 1. The van der Waals surface area contributed by atoms with Crippen LogP contribution >= 0.6 is 22.9 Å². The number of hydrogen-bond acceptors (Lipinski definition) is 5. The lowest BCUT2D eigenvalue weighted by Gasteiger charge is -2.05.